The average Bonchev–Trinajstić information content (AvgIpc) is 3.01. The van der Waals surface area contributed by atoms with Gasteiger partial charge in [-0.05, 0) is 24.2 Å². The minimum absolute atomic E-state index is 0.0151. The van der Waals surface area contributed by atoms with Crippen molar-refractivity contribution in [2.75, 3.05) is 29.5 Å². The van der Waals surface area contributed by atoms with Crippen molar-refractivity contribution < 1.29 is 8.78 Å². The van der Waals surface area contributed by atoms with Crippen molar-refractivity contribution in [1.29, 1.82) is 5.26 Å². The molecule has 2 aromatic rings. The summed E-state index contributed by atoms with van der Waals surface area (Å²) < 4.78 is 27.1. The summed E-state index contributed by atoms with van der Waals surface area (Å²) in [6, 6.07) is 5.15. The molecule has 10 heteroatoms. The zero-order chi connectivity index (χ0) is 19.8. The van der Waals surface area contributed by atoms with Crippen LogP contribution in [-0.4, -0.2) is 29.0 Å². The number of aromatic nitrogens is 2. The lowest BCUT2D eigenvalue weighted by molar-refractivity contribution is 0.0256. The number of pyridine rings is 2. The molecule has 0 bridgehead atoms. The lowest BCUT2D eigenvalue weighted by atomic mass is 10.0. The Morgan fingerprint density at radius 2 is 2.07 bits per heavy atom. The number of hydrogen-bond donors (Lipinski definition) is 2. The lowest BCUT2D eigenvalue weighted by Crippen LogP contribution is -2.26. The zero-order valence-corrected chi connectivity index (χ0v) is 14.5. The number of nitriles is 1. The molecule has 0 saturated carbocycles. The molecule has 0 unspecified atom stereocenters. The van der Waals surface area contributed by atoms with Crippen LogP contribution in [0.2, 0.25) is 0 Å². The molecule has 3 rings (SSSR count). The van der Waals surface area contributed by atoms with Gasteiger partial charge in [-0.1, -0.05) is 0 Å². The Morgan fingerprint density at radius 1 is 1.33 bits per heavy atom. The molecule has 1 fully saturated rings. The van der Waals surface area contributed by atoms with Crippen LogP contribution in [0.1, 0.15) is 28.9 Å². The Bertz CT molecular complexity index is 955. The van der Waals surface area contributed by atoms with Gasteiger partial charge in [0, 0.05) is 36.3 Å². The van der Waals surface area contributed by atoms with Crippen molar-refractivity contribution in [1.82, 2.24) is 9.97 Å². The predicted molar refractivity (Wildman–Crippen MR) is 96.8 cm³/mol. The van der Waals surface area contributed by atoms with Crippen LogP contribution in [0, 0.1) is 23.2 Å². The van der Waals surface area contributed by atoms with E-state index in [-0.39, 0.29) is 48.0 Å². The van der Waals surface area contributed by atoms with Crippen LogP contribution in [0.4, 0.5) is 31.8 Å². The van der Waals surface area contributed by atoms with Gasteiger partial charge in [-0.3, -0.25) is 0 Å². The highest BCUT2D eigenvalue weighted by molar-refractivity contribution is 5.77. The molecule has 0 spiro atoms. The molecule has 0 radical (unpaired) electrons. The highest BCUT2D eigenvalue weighted by atomic mass is 19.3. The number of rotatable bonds is 4. The van der Waals surface area contributed by atoms with Crippen molar-refractivity contribution in [2.24, 2.45) is 5.18 Å². The monoisotopic (exact) mass is 373 g/mol. The van der Waals surface area contributed by atoms with Gasteiger partial charge in [0.1, 0.15) is 17.6 Å². The summed E-state index contributed by atoms with van der Waals surface area (Å²) in [6.07, 6.45) is -0.0621. The Hall–Kier alpha value is -3.35. The van der Waals surface area contributed by atoms with E-state index >= 15 is 0 Å². The van der Waals surface area contributed by atoms with Crippen LogP contribution in [0.5, 0.6) is 0 Å². The topological polar surface area (TPSA) is 134 Å². The normalized spacial score (nSPS) is 15.6. The van der Waals surface area contributed by atoms with E-state index in [4.69, 9.17) is 11.5 Å². The number of nitroso groups, excluding NO2 is 1. The van der Waals surface area contributed by atoms with E-state index in [0.717, 1.165) is 0 Å². The molecule has 140 valence electrons. The maximum absolute atomic E-state index is 13.6. The first-order valence-electron chi connectivity index (χ1n) is 8.16. The molecule has 1 aliphatic heterocycles. The summed E-state index contributed by atoms with van der Waals surface area (Å²) in [4.78, 5) is 20.6. The highest BCUT2D eigenvalue weighted by Gasteiger charge is 2.39. The summed E-state index contributed by atoms with van der Waals surface area (Å²) in [7, 11) is 0. The average molecular weight is 373 g/mol. The maximum atomic E-state index is 13.6. The van der Waals surface area contributed by atoms with Crippen molar-refractivity contribution in [3.63, 3.8) is 0 Å². The summed E-state index contributed by atoms with van der Waals surface area (Å²) in [6.45, 7) is 1.30. The third kappa shape index (κ3) is 3.48. The maximum Gasteiger partial charge on any atom is 0.266 e. The quantitative estimate of drug-likeness (QED) is 0.787. The zero-order valence-electron chi connectivity index (χ0n) is 14.5. The standard InChI is InChI=1S/C17H17F2N7O/c1-9-12(13(21)14(22)15(23-9)25-27)6-11-3-2-10(7-20)16(24-11)26-5-4-17(18,19)8-26/h2-3H,4-6,8,22H2,1H3,(H2,21,23). The number of hydrogen-bond acceptors (Lipinski definition) is 8. The number of aryl methyl sites for hydroxylation is 1. The van der Waals surface area contributed by atoms with E-state index in [0.29, 0.717) is 17.0 Å². The van der Waals surface area contributed by atoms with E-state index in [2.05, 4.69) is 15.1 Å². The van der Waals surface area contributed by atoms with Gasteiger partial charge >= 0.3 is 0 Å². The molecule has 2 aromatic heterocycles. The highest BCUT2D eigenvalue weighted by Crippen LogP contribution is 2.34. The van der Waals surface area contributed by atoms with E-state index in [1.54, 1.807) is 13.0 Å². The number of alkyl halides is 2. The van der Waals surface area contributed by atoms with E-state index in [9.17, 15) is 18.9 Å². The van der Waals surface area contributed by atoms with Gasteiger partial charge in [-0.2, -0.15) is 5.26 Å². The van der Waals surface area contributed by atoms with Crippen molar-refractivity contribution >= 4 is 23.0 Å². The molecule has 27 heavy (non-hydrogen) atoms. The molecule has 0 amide bonds. The summed E-state index contributed by atoms with van der Waals surface area (Å²) in [5, 5.41) is 12.0. The van der Waals surface area contributed by atoms with E-state index in [1.165, 1.54) is 11.0 Å². The summed E-state index contributed by atoms with van der Waals surface area (Å²) in [5.74, 6) is -2.77. The van der Waals surface area contributed by atoms with Crippen molar-refractivity contribution in [2.45, 2.75) is 25.7 Å². The van der Waals surface area contributed by atoms with Crippen LogP contribution in [0.25, 0.3) is 0 Å². The second-order valence-corrected chi connectivity index (χ2v) is 6.41. The SMILES string of the molecule is Cc1nc(N=O)c(N)c(N)c1Cc1ccc(C#N)c(N2CCC(F)(F)C2)n1. The number of nitrogens with zero attached hydrogens (tertiary/aromatic N) is 5. The number of nitrogen functional groups attached to an aromatic ring is 2. The van der Waals surface area contributed by atoms with Crippen molar-refractivity contribution in [3.8, 4) is 6.07 Å². The Kier molecular flexibility index (Phi) is 4.61. The third-order valence-corrected chi connectivity index (χ3v) is 4.53. The van der Waals surface area contributed by atoms with Gasteiger partial charge in [0.15, 0.2) is 0 Å². The van der Waals surface area contributed by atoms with Crippen LogP contribution >= 0.6 is 0 Å². The fourth-order valence-electron chi connectivity index (χ4n) is 3.07. The van der Waals surface area contributed by atoms with Crippen LogP contribution < -0.4 is 16.4 Å². The summed E-state index contributed by atoms with van der Waals surface area (Å²) >= 11 is 0. The minimum Gasteiger partial charge on any atom is -0.397 e. The molecule has 1 saturated heterocycles. The van der Waals surface area contributed by atoms with Gasteiger partial charge in [-0.15, -0.1) is 4.91 Å². The van der Waals surface area contributed by atoms with Gasteiger partial charge < -0.3 is 16.4 Å². The van der Waals surface area contributed by atoms with Crippen LogP contribution in [0.3, 0.4) is 0 Å². The third-order valence-electron chi connectivity index (χ3n) is 4.53. The Labute approximate surface area is 153 Å². The molecule has 8 nitrogen and oxygen atoms in total. The van der Waals surface area contributed by atoms with E-state index in [1.807, 2.05) is 6.07 Å². The molecule has 3 heterocycles. The van der Waals surface area contributed by atoms with Gasteiger partial charge in [0.05, 0.1) is 17.8 Å². The lowest BCUT2D eigenvalue weighted by Gasteiger charge is -2.19. The first kappa shape index (κ1) is 18.4. The van der Waals surface area contributed by atoms with Crippen LogP contribution in [0.15, 0.2) is 17.3 Å². The van der Waals surface area contributed by atoms with Crippen molar-refractivity contribution in [3.05, 3.63) is 39.6 Å². The second kappa shape index (κ2) is 6.75. The molecular weight excluding hydrogens is 356 g/mol. The van der Waals surface area contributed by atoms with Crippen LogP contribution in [-0.2, 0) is 6.42 Å². The van der Waals surface area contributed by atoms with Gasteiger partial charge in [0.2, 0.25) is 5.82 Å². The number of halogens is 2. The second-order valence-electron chi connectivity index (χ2n) is 6.41. The predicted octanol–water partition coefficient (Wildman–Crippen LogP) is 2.66. The van der Waals surface area contributed by atoms with Gasteiger partial charge in [0.25, 0.3) is 5.92 Å². The Balaban J connectivity index is 1.98. The Morgan fingerprint density at radius 3 is 2.67 bits per heavy atom. The fraction of sp³-hybridized carbons (Fsp3) is 0.353. The van der Waals surface area contributed by atoms with E-state index < -0.39 is 12.5 Å². The molecule has 0 aromatic carbocycles. The molecular formula is C17H17F2N7O. The number of anilines is 3. The first-order chi connectivity index (χ1) is 12.8. The fourth-order valence-corrected chi connectivity index (χ4v) is 3.07. The summed E-state index contributed by atoms with van der Waals surface area (Å²) in [5.41, 5.74) is 13.7. The molecule has 4 N–H and O–H groups in total. The molecule has 0 atom stereocenters. The number of nitrogens with two attached hydrogens (primary N) is 2. The van der Waals surface area contributed by atoms with Gasteiger partial charge in [-0.25, -0.2) is 18.7 Å². The smallest absolute Gasteiger partial charge is 0.266 e. The molecule has 1 aliphatic rings. The largest absolute Gasteiger partial charge is 0.397 e. The first-order valence-corrected chi connectivity index (χ1v) is 8.16. The molecule has 0 aliphatic carbocycles. The minimum atomic E-state index is -2.80.